The minimum Gasteiger partial charge on any atom is -0.497 e. The minimum atomic E-state index is -0.367. The summed E-state index contributed by atoms with van der Waals surface area (Å²) < 4.78 is 11.2. The van der Waals surface area contributed by atoms with Gasteiger partial charge in [-0.1, -0.05) is 30.3 Å². The number of benzene rings is 2. The van der Waals surface area contributed by atoms with Gasteiger partial charge in [0.05, 0.1) is 7.11 Å². The van der Waals surface area contributed by atoms with Gasteiger partial charge in [-0.2, -0.15) is 0 Å². The molecule has 0 aliphatic heterocycles. The topological polar surface area (TPSA) is 18.5 Å². The molecular formula is C16H18O2. The fourth-order valence-corrected chi connectivity index (χ4v) is 1.83. The summed E-state index contributed by atoms with van der Waals surface area (Å²) in [6.45, 7) is 4.11. The summed E-state index contributed by atoms with van der Waals surface area (Å²) in [5.41, 5.74) is 0.750. The molecule has 0 atom stereocenters. The van der Waals surface area contributed by atoms with Crippen molar-refractivity contribution in [3.63, 3.8) is 0 Å². The van der Waals surface area contributed by atoms with Gasteiger partial charge < -0.3 is 9.47 Å². The van der Waals surface area contributed by atoms with Crippen LogP contribution >= 0.6 is 0 Å². The van der Waals surface area contributed by atoms with E-state index in [2.05, 4.69) is 13.8 Å². The van der Waals surface area contributed by atoms with E-state index in [1.807, 2.05) is 54.6 Å². The van der Waals surface area contributed by atoms with Gasteiger partial charge in [-0.25, -0.2) is 0 Å². The van der Waals surface area contributed by atoms with Gasteiger partial charge in [0.25, 0.3) is 0 Å². The van der Waals surface area contributed by atoms with Crippen molar-refractivity contribution < 1.29 is 9.47 Å². The highest BCUT2D eigenvalue weighted by molar-refractivity contribution is 5.32. The predicted octanol–water partition coefficient (Wildman–Crippen LogP) is 4.01. The predicted molar refractivity (Wildman–Crippen MR) is 73.1 cm³/mol. The summed E-state index contributed by atoms with van der Waals surface area (Å²) in [6.07, 6.45) is 0. The molecule has 0 saturated carbocycles. The molecular weight excluding hydrogens is 224 g/mol. The quantitative estimate of drug-likeness (QED) is 0.806. The third-order valence-electron chi connectivity index (χ3n) is 2.90. The summed E-state index contributed by atoms with van der Waals surface area (Å²) in [6, 6.07) is 17.8. The van der Waals surface area contributed by atoms with Crippen LogP contribution in [0.1, 0.15) is 19.4 Å². The van der Waals surface area contributed by atoms with E-state index >= 15 is 0 Å². The smallest absolute Gasteiger partial charge is 0.128 e. The van der Waals surface area contributed by atoms with E-state index in [4.69, 9.17) is 9.47 Å². The van der Waals surface area contributed by atoms with Crippen molar-refractivity contribution in [3.05, 3.63) is 60.2 Å². The van der Waals surface area contributed by atoms with Gasteiger partial charge >= 0.3 is 0 Å². The van der Waals surface area contributed by atoms with Crippen LogP contribution in [-0.4, -0.2) is 7.11 Å². The summed E-state index contributed by atoms with van der Waals surface area (Å²) in [4.78, 5) is 0. The van der Waals surface area contributed by atoms with E-state index < -0.39 is 0 Å². The lowest BCUT2D eigenvalue weighted by Gasteiger charge is -2.27. The number of ether oxygens (including phenoxy) is 2. The molecule has 0 heterocycles. The molecule has 0 aliphatic carbocycles. The van der Waals surface area contributed by atoms with Gasteiger partial charge in [-0.15, -0.1) is 0 Å². The van der Waals surface area contributed by atoms with Crippen molar-refractivity contribution in [1.29, 1.82) is 0 Å². The third kappa shape index (κ3) is 2.83. The highest BCUT2D eigenvalue weighted by Gasteiger charge is 2.22. The monoisotopic (exact) mass is 242 g/mol. The first-order valence-corrected chi connectivity index (χ1v) is 6.00. The number of hydrogen-bond acceptors (Lipinski definition) is 2. The molecule has 0 bridgehead atoms. The van der Waals surface area contributed by atoms with Crippen molar-refractivity contribution in [2.75, 3.05) is 7.11 Å². The maximum absolute atomic E-state index is 6.02. The summed E-state index contributed by atoms with van der Waals surface area (Å²) >= 11 is 0. The molecule has 18 heavy (non-hydrogen) atoms. The van der Waals surface area contributed by atoms with E-state index in [0.29, 0.717) is 0 Å². The van der Waals surface area contributed by atoms with Gasteiger partial charge in [0.2, 0.25) is 0 Å². The zero-order chi connectivity index (χ0) is 13.0. The van der Waals surface area contributed by atoms with Gasteiger partial charge in [-0.05, 0) is 43.7 Å². The Labute approximate surface area is 108 Å². The van der Waals surface area contributed by atoms with Gasteiger partial charge in [-0.3, -0.25) is 0 Å². The molecule has 0 N–H and O–H groups in total. The van der Waals surface area contributed by atoms with Crippen LogP contribution in [0.2, 0.25) is 0 Å². The lowest BCUT2D eigenvalue weighted by atomic mass is 9.98. The Morgan fingerprint density at radius 3 is 1.94 bits per heavy atom. The molecule has 2 aromatic carbocycles. The maximum Gasteiger partial charge on any atom is 0.128 e. The summed E-state index contributed by atoms with van der Waals surface area (Å²) in [5, 5.41) is 0. The second kappa shape index (κ2) is 5.13. The van der Waals surface area contributed by atoms with Crippen LogP contribution in [0.15, 0.2) is 54.6 Å². The zero-order valence-electron chi connectivity index (χ0n) is 11.0. The first-order chi connectivity index (χ1) is 8.62. The largest absolute Gasteiger partial charge is 0.497 e. The molecule has 0 aliphatic rings. The Bertz CT molecular complexity index is 486. The fraction of sp³-hybridized carbons (Fsp3) is 0.250. The van der Waals surface area contributed by atoms with Crippen molar-refractivity contribution in [2.24, 2.45) is 0 Å². The van der Waals surface area contributed by atoms with E-state index in [1.165, 1.54) is 0 Å². The zero-order valence-corrected chi connectivity index (χ0v) is 11.0. The lowest BCUT2D eigenvalue weighted by Crippen LogP contribution is -2.25. The summed E-state index contributed by atoms with van der Waals surface area (Å²) in [7, 11) is 1.67. The highest BCUT2D eigenvalue weighted by Crippen LogP contribution is 2.28. The number of rotatable bonds is 4. The molecule has 0 aromatic heterocycles. The average molecular weight is 242 g/mol. The Kier molecular flexibility index (Phi) is 3.56. The molecule has 94 valence electrons. The molecule has 0 amide bonds. The van der Waals surface area contributed by atoms with Crippen molar-refractivity contribution >= 4 is 0 Å². The highest BCUT2D eigenvalue weighted by atomic mass is 16.5. The van der Waals surface area contributed by atoms with Crippen LogP contribution < -0.4 is 9.47 Å². The Balaban J connectivity index is 2.19. The van der Waals surface area contributed by atoms with Gasteiger partial charge in [0.1, 0.15) is 17.1 Å². The van der Waals surface area contributed by atoms with Gasteiger partial charge in [0, 0.05) is 0 Å². The van der Waals surface area contributed by atoms with Crippen LogP contribution in [0.4, 0.5) is 0 Å². The maximum atomic E-state index is 6.02. The molecule has 0 unspecified atom stereocenters. The minimum absolute atomic E-state index is 0.367. The van der Waals surface area contributed by atoms with E-state index in [1.54, 1.807) is 7.11 Å². The SMILES string of the molecule is COc1ccc(C(C)(C)Oc2ccccc2)cc1. The Morgan fingerprint density at radius 2 is 1.39 bits per heavy atom. The molecule has 0 spiro atoms. The van der Waals surface area contributed by atoms with Crippen LogP contribution in [0.25, 0.3) is 0 Å². The van der Waals surface area contributed by atoms with Crippen LogP contribution in [-0.2, 0) is 5.60 Å². The van der Waals surface area contributed by atoms with Crippen molar-refractivity contribution in [2.45, 2.75) is 19.4 Å². The van der Waals surface area contributed by atoms with Gasteiger partial charge in [0.15, 0.2) is 0 Å². The second-order valence-corrected chi connectivity index (χ2v) is 4.65. The second-order valence-electron chi connectivity index (χ2n) is 4.65. The van der Waals surface area contributed by atoms with Crippen molar-refractivity contribution in [1.82, 2.24) is 0 Å². The Morgan fingerprint density at radius 1 is 0.778 bits per heavy atom. The molecule has 0 fully saturated rings. The summed E-state index contributed by atoms with van der Waals surface area (Å²) in [5.74, 6) is 1.73. The molecule has 2 rings (SSSR count). The molecule has 0 radical (unpaired) electrons. The number of methoxy groups -OCH3 is 1. The third-order valence-corrected chi connectivity index (χ3v) is 2.90. The van der Waals surface area contributed by atoms with Crippen LogP contribution in [0, 0.1) is 0 Å². The van der Waals surface area contributed by atoms with E-state index in [-0.39, 0.29) is 5.60 Å². The first-order valence-electron chi connectivity index (χ1n) is 6.00. The normalized spacial score (nSPS) is 11.1. The molecule has 2 aromatic rings. The van der Waals surface area contributed by atoms with Crippen molar-refractivity contribution in [3.8, 4) is 11.5 Å². The van der Waals surface area contributed by atoms with Crippen LogP contribution in [0.3, 0.4) is 0 Å². The standard InChI is InChI=1S/C16H18O2/c1-16(2,18-15-7-5-4-6-8-15)13-9-11-14(17-3)12-10-13/h4-12H,1-3H3. The van der Waals surface area contributed by atoms with Crippen LogP contribution in [0.5, 0.6) is 11.5 Å². The molecule has 0 saturated heterocycles. The number of hydrogen-bond donors (Lipinski definition) is 0. The van der Waals surface area contributed by atoms with E-state index in [9.17, 15) is 0 Å². The van der Waals surface area contributed by atoms with E-state index in [0.717, 1.165) is 17.1 Å². The molecule has 2 heteroatoms. The Hall–Kier alpha value is -1.96. The lowest BCUT2D eigenvalue weighted by molar-refractivity contribution is 0.109. The fourth-order valence-electron chi connectivity index (χ4n) is 1.83. The first kappa shape index (κ1) is 12.5. The average Bonchev–Trinajstić information content (AvgIpc) is 2.39. The molecule has 2 nitrogen and oxygen atoms in total. The number of para-hydroxylation sites is 1.